The molecule has 3 aliphatic heterocycles. The van der Waals surface area contributed by atoms with E-state index in [0.29, 0.717) is 45.3 Å². The molecule has 2 amide bonds. The van der Waals surface area contributed by atoms with Gasteiger partial charge in [0, 0.05) is 45.2 Å². The Morgan fingerprint density at radius 1 is 0.727 bits per heavy atom. The van der Waals surface area contributed by atoms with E-state index < -0.39 is 15.8 Å². The Hall–Kier alpha value is -2.00. The molecule has 0 spiro atoms. The van der Waals surface area contributed by atoms with Crippen LogP contribution in [-0.4, -0.2) is 73.6 Å². The number of benzene rings is 1. The van der Waals surface area contributed by atoms with Crippen molar-refractivity contribution in [2.75, 3.05) is 39.3 Å². The Balaban J connectivity index is 1.33. The van der Waals surface area contributed by atoms with E-state index in [4.69, 9.17) is 0 Å². The summed E-state index contributed by atoms with van der Waals surface area (Å²) in [6.45, 7) is 3.28. The molecule has 7 nitrogen and oxygen atoms in total. The van der Waals surface area contributed by atoms with E-state index in [1.807, 2.05) is 9.80 Å². The molecule has 9 heteroatoms. The third-order valence-corrected chi connectivity index (χ3v) is 9.14. The first-order valence-electron chi connectivity index (χ1n) is 12.2. The van der Waals surface area contributed by atoms with Crippen LogP contribution in [0.3, 0.4) is 0 Å². The Kier molecular flexibility index (Phi) is 7.69. The lowest BCUT2D eigenvalue weighted by Crippen LogP contribution is -2.50. The maximum Gasteiger partial charge on any atom is 0.243 e. The topological polar surface area (TPSA) is 78.0 Å². The van der Waals surface area contributed by atoms with Gasteiger partial charge in [-0.2, -0.15) is 4.31 Å². The maximum absolute atomic E-state index is 13.2. The van der Waals surface area contributed by atoms with E-state index in [2.05, 4.69) is 0 Å². The molecule has 0 aliphatic carbocycles. The van der Waals surface area contributed by atoms with Crippen molar-refractivity contribution in [2.24, 2.45) is 11.8 Å². The summed E-state index contributed by atoms with van der Waals surface area (Å²) in [5, 5.41) is 0. The zero-order valence-corrected chi connectivity index (χ0v) is 19.9. The molecule has 1 aromatic carbocycles. The summed E-state index contributed by atoms with van der Waals surface area (Å²) in [4.78, 5) is 30.0. The van der Waals surface area contributed by atoms with Crippen LogP contribution in [0.25, 0.3) is 0 Å². The van der Waals surface area contributed by atoms with Gasteiger partial charge in [0.05, 0.1) is 10.8 Å². The molecule has 4 rings (SSSR count). The molecule has 3 saturated heterocycles. The minimum absolute atomic E-state index is 0.0188. The quantitative estimate of drug-likeness (QED) is 0.665. The number of rotatable bonds is 4. The van der Waals surface area contributed by atoms with E-state index in [-0.39, 0.29) is 35.1 Å². The van der Waals surface area contributed by atoms with Gasteiger partial charge in [-0.25, -0.2) is 12.8 Å². The third kappa shape index (κ3) is 5.57. The molecule has 0 unspecified atom stereocenters. The third-order valence-electron chi connectivity index (χ3n) is 7.26. The highest BCUT2D eigenvalue weighted by Gasteiger charge is 2.37. The van der Waals surface area contributed by atoms with E-state index >= 15 is 0 Å². The van der Waals surface area contributed by atoms with Crippen molar-refractivity contribution >= 4 is 21.8 Å². The van der Waals surface area contributed by atoms with Crippen molar-refractivity contribution in [3.05, 3.63) is 30.1 Å². The Labute approximate surface area is 196 Å². The number of halogens is 1. The zero-order chi connectivity index (χ0) is 23.4. The zero-order valence-electron chi connectivity index (χ0n) is 19.1. The normalized spacial score (nSPS) is 23.8. The highest BCUT2D eigenvalue weighted by molar-refractivity contribution is 7.89. The second-order valence-electron chi connectivity index (χ2n) is 9.50. The summed E-state index contributed by atoms with van der Waals surface area (Å²) in [5.41, 5.74) is 0. The van der Waals surface area contributed by atoms with Crippen LogP contribution in [0.1, 0.15) is 51.4 Å². The monoisotopic (exact) mass is 479 g/mol. The van der Waals surface area contributed by atoms with E-state index in [0.717, 1.165) is 38.1 Å². The maximum atomic E-state index is 13.2. The van der Waals surface area contributed by atoms with Gasteiger partial charge in [-0.3, -0.25) is 9.59 Å². The van der Waals surface area contributed by atoms with Crippen LogP contribution in [0, 0.1) is 17.7 Å². The van der Waals surface area contributed by atoms with Gasteiger partial charge in [-0.05, 0) is 62.8 Å². The van der Waals surface area contributed by atoms with Crippen molar-refractivity contribution in [3.63, 3.8) is 0 Å². The van der Waals surface area contributed by atoms with E-state index in [9.17, 15) is 22.4 Å². The van der Waals surface area contributed by atoms with Gasteiger partial charge in [0.2, 0.25) is 21.8 Å². The molecule has 33 heavy (non-hydrogen) atoms. The molecule has 3 heterocycles. The minimum Gasteiger partial charge on any atom is -0.342 e. The predicted octanol–water partition coefficient (Wildman–Crippen LogP) is 2.87. The number of carbonyl (C=O) groups is 2. The van der Waals surface area contributed by atoms with Gasteiger partial charge < -0.3 is 9.80 Å². The average molecular weight is 480 g/mol. The molecule has 0 radical (unpaired) electrons. The number of piperidine rings is 2. The van der Waals surface area contributed by atoms with E-state index in [1.54, 1.807) is 0 Å². The fraction of sp³-hybridized carbons (Fsp3) is 0.667. The number of nitrogens with zero attached hydrogens (tertiary/aromatic N) is 3. The summed E-state index contributed by atoms with van der Waals surface area (Å²) >= 11 is 0. The van der Waals surface area contributed by atoms with Crippen molar-refractivity contribution < 1.29 is 22.4 Å². The smallest absolute Gasteiger partial charge is 0.243 e. The molecular weight excluding hydrogens is 445 g/mol. The number of amides is 2. The first kappa shape index (κ1) is 24.1. The molecular formula is C24H34FN3O4S. The standard InChI is InChI=1S/C24H34FN3O4S/c25-21-7-9-22(10-8-21)33(31,32)28-15-5-6-20(18-28)24(30)27-16-11-19(12-17-27)23(29)26-13-3-1-2-4-14-26/h7-10,19-20H,1-6,11-18H2/t20-/m1/s1. The predicted molar refractivity (Wildman–Crippen MR) is 122 cm³/mol. The van der Waals surface area contributed by atoms with Crippen LogP contribution in [-0.2, 0) is 19.6 Å². The van der Waals surface area contributed by atoms with Gasteiger partial charge >= 0.3 is 0 Å². The molecule has 3 aliphatic rings. The number of sulfonamides is 1. The van der Waals surface area contributed by atoms with Crippen LogP contribution in [0.5, 0.6) is 0 Å². The second-order valence-corrected chi connectivity index (χ2v) is 11.4. The van der Waals surface area contributed by atoms with Crippen LogP contribution >= 0.6 is 0 Å². The summed E-state index contributed by atoms with van der Waals surface area (Å²) in [6, 6.07) is 4.80. The molecule has 0 saturated carbocycles. The van der Waals surface area contributed by atoms with Crippen molar-refractivity contribution in [1.29, 1.82) is 0 Å². The lowest BCUT2D eigenvalue weighted by Gasteiger charge is -2.38. The molecule has 1 atom stereocenters. The Morgan fingerprint density at radius 2 is 1.30 bits per heavy atom. The molecule has 3 fully saturated rings. The number of likely N-dealkylation sites (tertiary alicyclic amines) is 2. The number of hydrogen-bond donors (Lipinski definition) is 0. The number of carbonyl (C=O) groups excluding carboxylic acids is 2. The Morgan fingerprint density at radius 3 is 1.94 bits per heavy atom. The molecule has 0 aromatic heterocycles. The average Bonchev–Trinajstić information content (AvgIpc) is 3.13. The van der Waals surface area contributed by atoms with Gasteiger partial charge in [0.15, 0.2) is 0 Å². The van der Waals surface area contributed by atoms with Crippen molar-refractivity contribution in [1.82, 2.24) is 14.1 Å². The lowest BCUT2D eigenvalue weighted by molar-refractivity contribution is -0.143. The fourth-order valence-corrected chi connectivity index (χ4v) is 6.80. The van der Waals surface area contributed by atoms with Gasteiger partial charge in [-0.1, -0.05) is 12.8 Å². The summed E-state index contributed by atoms with van der Waals surface area (Å²) in [7, 11) is -3.77. The van der Waals surface area contributed by atoms with Gasteiger partial charge in [0.25, 0.3) is 0 Å². The number of hydrogen-bond acceptors (Lipinski definition) is 4. The summed E-state index contributed by atoms with van der Waals surface area (Å²) in [5.74, 6) is -0.674. The second kappa shape index (κ2) is 10.5. The van der Waals surface area contributed by atoms with E-state index in [1.165, 1.54) is 29.3 Å². The van der Waals surface area contributed by atoms with Crippen molar-refractivity contribution in [3.8, 4) is 0 Å². The first-order valence-corrected chi connectivity index (χ1v) is 13.6. The summed E-state index contributed by atoms with van der Waals surface area (Å²) < 4.78 is 40.5. The fourth-order valence-electron chi connectivity index (χ4n) is 5.27. The molecule has 0 N–H and O–H groups in total. The molecule has 0 bridgehead atoms. The lowest BCUT2D eigenvalue weighted by atomic mass is 9.92. The van der Waals surface area contributed by atoms with Gasteiger partial charge in [-0.15, -0.1) is 0 Å². The highest BCUT2D eigenvalue weighted by atomic mass is 32.2. The van der Waals surface area contributed by atoms with Crippen LogP contribution in [0.15, 0.2) is 29.2 Å². The molecule has 182 valence electrons. The Bertz CT molecular complexity index is 937. The minimum atomic E-state index is -3.77. The molecule has 1 aromatic rings. The summed E-state index contributed by atoms with van der Waals surface area (Å²) in [6.07, 6.45) is 7.13. The highest BCUT2D eigenvalue weighted by Crippen LogP contribution is 2.28. The van der Waals surface area contributed by atoms with Gasteiger partial charge in [0.1, 0.15) is 5.82 Å². The van der Waals surface area contributed by atoms with Crippen molar-refractivity contribution in [2.45, 2.75) is 56.3 Å². The SMILES string of the molecule is O=C(C1CCN(C(=O)[C@@H]2CCCN(S(=O)(=O)c3ccc(F)cc3)C2)CC1)N1CCCCCC1. The van der Waals surface area contributed by atoms with Crippen LogP contribution in [0.4, 0.5) is 4.39 Å². The first-order chi connectivity index (χ1) is 15.9. The van der Waals surface area contributed by atoms with Crippen LogP contribution < -0.4 is 0 Å². The largest absolute Gasteiger partial charge is 0.342 e. The van der Waals surface area contributed by atoms with Crippen LogP contribution in [0.2, 0.25) is 0 Å².